The maximum Gasteiger partial charge on any atom is 0.237 e. The Bertz CT molecular complexity index is 296. The lowest BCUT2D eigenvalue weighted by Gasteiger charge is -2.13. The lowest BCUT2D eigenvalue weighted by molar-refractivity contribution is -0.123. The summed E-state index contributed by atoms with van der Waals surface area (Å²) < 4.78 is 0. The highest BCUT2D eigenvalue weighted by molar-refractivity contribution is 5.82. The molecule has 0 aromatic rings. The average Bonchev–Trinajstić information content (AvgIpc) is 2.61. The van der Waals surface area contributed by atoms with E-state index in [2.05, 4.69) is 16.6 Å². The second-order valence-corrected chi connectivity index (χ2v) is 3.56. The van der Waals surface area contributed by atoms with Crippen molar-refractivity contribution in [2.75, 3.05) is 6.54 Å². The standard InChI is InChI=1S/C10H15N3O2/c1-2-3-8(11)10(15)12-6-7-4-5-9(14)13-7/h1,7-8H,3-6,11H2,(H,12,15)(H,13,14). The molecular weight excluding hydrogens is 194 g/mol. The molecule has 82 valence electrons. The van der Waals surface area contributed by atoms with Gasteiger partial charge in [0.2, 0.25) is 11.8 Å². The van der Waals surface area contributed by atoms with E-state index >= 15 is 0 Å². The largest absolute Gasteiger partial charge is 0.353 e. The van der Waals surface area contributed by atoms with Crippen LogP contribution in [0, 0.1) is 12.3 Å². The minimum atomic E-state index is -0.660. The fourth-order valence-electron chi connectivity index (χ4n) is 1.40. The molecule has 1 aliphatic heterocycles. The van der Waals surface area contributed by atoms with Crippen LogP contribution < -0.4 is 16.4 Å². The topological polar surface area (TPSA) is 84.2 Å². The first-order chi connectivity index (χ1) is 7.13. The van der Waals surface area contributed by atoms with Gasteiger partial charge in [0, 0.05) is 25.4 Å². The molecule has 4 N–H and O–H groups in total. The first-order valence-electron chi connectivity index (χ1n) is 4.89. The van der Waals surface area contributed by atoms with Gasteiger partial charge in [-0.25, -0.2) is 0 Å². The van der Waals surface area contributed by atoms with Gasteiger partial charge in [0.15, 0.2) is 0 Å². The van der Waals surface area contributed by atoms with Crippen molar-refractivity contribution in [3.8, 4) is 12.3 Å². The zero-order valence-electron chi connectivity index (χ0n) is 8.45. The molecule has 0 bridgehead atoms. The summed E-state index contributed by atoms with van der Waals surface area (Å²) in [5, 5.41) is 5.40. The van der Waals surface area contributed by atoms with Gasteiger partial charge in [-0.3, -0.25) is 9.59 Å². The number of hydrogen-bond acceptors (Lipinski definition) is 3. The van der Waals surface area contributed by atoms with Crippen LogP contribution in [0.1, 0.15) is 19.3 Å². The Kier molecular flexibility index (Phi) is 4.13. The van der Waals surface area contributed by atoms with Crippen LogP contribution in [-0.4, -0.2) is 30.4 Å². The second-order valence-electron chi connectivity index (χ2n) is 3.56. The number of amides is 2. The fourth-order valence-corrected chi connectivity index (χ4v) is 1.40. The predicted molar refractivity (Wildman–Crippen MR) is 55.6 cm³/mol. The summed E-state index contributed by atoms with van der Waals surface area (Å²) in [7, 11) is 0. The highest BCUT2D eigenvalue weighted by Gasteiger charge is 2.21. The molecule has 2 atom stereocenters. The molecule has 1 heterocycles. The minimum Gasteiger partial charge on any atom is -0.353 e. The average molecular weight is 209 g/mol. The zero-order chi connectivity index (χ0) is 11.3. The van der Waals surface area contributed by atoms with Gasteiger partial charge in [-0.1, -0.05) is 0 Å². The Morgan fingerprint density at radius 3 is 3.07 bits per heavy atom. The summed E-state index contributed by atoms with van der Waals surface area (Å²) in [6, 6.07) is -0.633. The SMILES string of the molecule is C#CCC(N)C(=O)NCC1CCC(=O)N1. The summed E-state index contributed by atoms with van der Waals surface area (Å²) in [4.78, 5) is 22.2. The molecule has 5 heteroatoms. The molecule has 0 aliphatic carbocycles. The molecule has 1 aliphatic rings. The van der Waals surface area contributed by atoms with Crippen LogP contribution in [0.5, 0.6) is 0 Å². The normalized spacial score (nSPS) is 21.6. The van der Waals surface area contributed by atoms with E-state index in [1.807, 2.05) is 0 Å². The van der Waals surface area contributed by atoms with Crippen LogP contribution in [0.25, 0.3) is 0 Å². The third-order valence-electron chi connectivity index (χ3n) is 2.28. The van der Waals surface area contributed by atoms with Crippen molar-refractivity contribution in [1.29, 1.82) is 0 Å². The Balaban J connectivity index is 2.22. The Morgan fingerprint density at radius 2 is 2.53 bits per heavy atom. The lowest BCUT2D eigenvalue weighted by Crippen LogP contribution is -2.45. The zero-order valence-corrected chi connectivity index (χ0v) is 8.45. The molecule has 2 amide bonds. The highest BCUT2D eigenvalue weighted by Crippen LogP contribution is 2.04. The van der Waals surface area contributed by atoms with Crippen LogP contribution in [0.4, 0.5) is 0 Å². The van der Waals surface area contributed by atoms with Crippen LogP contribution in [0.15, 0.2) is 0 Å². The Hall–Kier alpha value is -1.54. The molecule has 2 unspecified atom stereocenters. The van der Waals surface area contributed by atoms with E-state index < -0.39 is 6.04 Å². The van der Waals surface area contributed by atoms with E-state index in [0.29, 0.717) is 13.0 Å². The summed E-state index contributed by atoms with van der Waals surface area (Å²) in [6.07, 6.45) is 6.54. The molecule has 1 rings (SSSR count). The molecule has 1 saturated heterocycles. The predicted octanol–water partition coefficient (Wildman–Crippen LogP) is -1.27. The maximum absolute atomic E-state index is 11.3. The van der Waals surface area contributed by atoms with Crippen molar-refractivity contribution < 1.29 is 9.59 Å². The number of rotatable bonds is 4. The van der Waals surface area contributed by atoms with Crippen molar-refractivity contribution in [2.45, 2.75) is 31.3 Å². The van der Waals surface area contributed by atoms with Gasteiger partial charge in [0.25, 0.3) is 0 Å². The number of carbonyl (C=O) groups is 2. The van der Waals surface area contributed by atoms with Crippen molar-refractivity contribution in [3.63, 3.8) is 0 Å². The van der Waals surface area contributed by atoms with E-state index in [1.54, 1.807) is 0 Å². The molecule has 0 aromatic carbocycles. The van der Waals surface area contributed by atoms with Crippen molar-refractivity contribution in [3.05, 3.63) is 0 Å². The van der Waals surface area contributed by atoms with Gasteiger partial charge in [-0.15, -0.1) is 12.3 Å². The van der Waals surface area contributed by atoms with Crippen LogP contribution in [-0.2, 0) is 9.59 Å². The van der Waals surface area contributed by atoms with E-state index in [4.69, 9.17) is 12.2 Å². The van der Waals surface area contributed by atoms with Crippen LogP contribution >= 0.6 is 0 Å². The van der Waals surface area contributed by atoms with Crippen molar-refractivity contribution in [1.82, 2.24) is 10.6 Å². The monoisotopic (exact) mass is 209 g/mol. The van der Waals surface area contributed by atoms with Gasteiger partial charge in [-0.2, -0.15) is 0 Å². The summed E-state index contributed by atoms with van der Waals surface area (Å²) in [5.74, 6) is 2.09. The summed E-state index contributed by atoms with van der Waals surface area (Å²) >= 11 is 0. The van der Waals surface area contributed by atoms with E-state index in [9.17, 15) is 9.59 Å². The van der Waals surface area contributed by atoms with Gasteiger partial charge >= 0.3 is 0 Å². The smallest absolute Gasteiger partial charge is 0.237 e. The van der Waals surface area contributed by atoms with Gasteiger partial charge in [-0.05, 0) is 6.42 Å². The third-order valence-corrected chi connectivity index (χ3v) is 2.28. The molecule has 0 aromatic heterocycles. The number of nitrogens with one attached hydrogen (secondary N) is 2. The third kappa shape index (κ3) is 3.60. The van der Waals surface area contributed by atoms with E-state index in [-0.39, 0.29) is 24.3 Å². The first-order valence-corrected chi connectivity index (χ1v) is 4.89. The molecule has 15 heavy (non-hydrogen) atoms. The van der Waals surface area contributed by atoms with Crippen LogP contribution in [0.3, 0.4) is 0 Å². The summed E-state index contributed by atoms with van der Waals surface area (Å²) in [6.45, 7) is 0.419. The molecule has 0 spiro atoms. The lowest BCUT2D eigenvalue weighted by atomic mass is 10.2. The number of terminal acetylenes is 1. The van der Waals surface area contributed by atoms with Gasteiger partial charge in [0.1, 0.15) is 0 Å². The van der Waals surface area contributed by atoms with Gasteiger partial charge < -0.3 is 16.4 Å². The van der Waals surface area contributed by atoms with Crippen molar-refractivity contribution >= 4 is 11.8 Å². The van der Waals surface area contributed by atoms with Crippen molar-refractivity contribution in [2.24, 2.45) is 5.73 Å². The molecule has 0 saturated carbocycles. The van der Waals surface area contributed by atoms with E-state index in [1.165, 1.54) is 0 Å². The fraction of sp³-hybridized carbons (Fsp3) is 0.600. The number of nitrogens with two attached hydrogens (primary N) is 1. The minimum absolute atomic E-state index is 0.0273. The number of carbonyl (C=O) groups excluding carboxylic acids is 2. The molecule has 0 radical (unpaired) electrons. The molecule has 1 fully saturated rings. The Morgan fingerprint density at radius 1 is 1.80 bits per heavy atom. The highest BCUT2D eigenvalue weighted by atomic mass is 16.2. The van der Waals surface area contributed by atoms with Gasteiger partial charge in [0.05, 0.1) is 6.04 Å². The first kappa shape index (κ1) is 11.5. The molecule has 5 nitrogen and oxygen atoms in total. The quantitative estimate of drug-likeness (QED) is 0.505. The van der Waals surface area contributed by atoms with E-state index in [0.717, 1.165) is 6.42 Å². The number of hydrogen-bond donors (Lipinski definition) is 3. The Labute approximate surface area is 88.8 Å². The second kappa shape index (κ2) is 5.37. The molecular formula is C10H15N3O2. The summed E-state index contributed by atoms with van der Waals surface area (Å²) in [5.41, 5.74) is 5.50. The maximum atomic E-state index is 11.3. The van der Waals surface area contributed by atoms with Crippen LogP contribution in [0.2, 0.25) is 0 Å².